The fourth-order valence-corrected chi connectivity index (χ4v) is 1.81. The predicted octanol–water partition coefficient (Wildman–Crippen LogP) is 3.83. The van der Waals surface area contributed by atoms with Gasteiger partial charge in [0, 0.05) is 30.6 Å². The van der Waals surface area contributed by atoms with Gasteiger partial charge >= 0.3 is 0 Å². The molecule has 0 N–H and O–H groups in total. The second-order valence-corrected chi connectivity index (χ2v) is 4.50. The zero-order valence-corrected chi connectivity index (χ0v) is 11.2. The first-order valence-corrected chi connectivity index (χ1v) is 6.24. The molecular formula is C17H17NO. The molecule has 0 aliphatic rings. The Kier molecular flexibility index (Phi) is 4.14. The van der Waals surface area contributed by atoms with Gasteiger partial charge in [-0.15, -0.1) is 0 Å². The molecule has 2 heteroatoms. The SMILES string of the molecule is Cc1cccc(N(C)/C=C/C(=O)c2ccccc2)c1. The number of carbonyl (C=O) groups excluding carboxylic acids is 1. The molecule has 0 bridgehead atoms. The van der Waals surface area contributed by atoms with Crippen molar-refractivity contribution in [2.24, 2.45) is 0 Å². The summed E-state index contributed by atoms with van der Waals surface area (Å²) >= 11 is 0. The van der Waals surface area contributed by atoms with Crippen LogP contribution in [0, 0.1) is 6.92 Å². The molecule has 2 nitrogen and oxygen atoms in total. The van der Waals surface area contributed by atoms with E-state index in [0.717, 1.165) is 5.69 Å². The summed E-state index contributed by atoms with van der Waals surface area (Å²) in [5, 5.41) is 0. The number of aryl methyl sites for hydroxylation is 1. The topological polar surface area (TPSA) is 20.3 Å². The predicted molar refractivity (Wildman–Crippen MR) is 79.5 cm³/mol. The first-order valence-electron chi connectivity index (χ1n) is 6.24. The lowest BCUT2D eigenvalue weighted by Gasteiger charge is -2.14. The minimum Gasteiger partial charge on any atom is -0.351 e. The van der Waals surface area contributed by atoms with Gasteiger partial charge in [0.05, 0.1) is 0 Å². The van der Waals surface area contributed by atoms with E-state index in [-0.39, 0.29) is 5.78 Å². The van der Waals surface area contributed by atoms with Crippen molar-refractivity contribution >= 4 is 11.5 Å². The van der Waals surface area contributed by atoms with Gasteiger partial charge < -0.3 is 4.90 Å². The number of carbonyl (C=O) groups is 1. The van der Waals surface area contributed by atoms with E-state index in [1.54, 1.807) is 12.3 Å². The van der Waals surface area contributed by atoms with Crippen LogP contribution in [-0.4, -0.2) is 12.8 Å². The van der Waals surface area contributed by atoms with E-state index in [1.165, 1.54) is 5.56 Å². The average molecular weight is 251 g/mol. The molecule has 96 valence electrons. The van der Waals surface area contributed by atoms with Crippen molar-refractivity contribution in [2.45, 2.75) is 6.92 Å². The lowest BCUT2D eigenvalue weighted by molar-refractivity contribution is 0.104. The molecule has 0 spiro atoms. The number of allylic oxidation sites excluding steroid dienone is 1. The summed E-state index contributed by atoms with van der Waals surface area (Å²) in [5.41, 5.74) is 2.97. The minimum atomic E-state index is 0.0140. The molecule has 0 amide bonds. The zero-order valence-electron chi connectivity index (χ0n) is 11.2. The molecule has 0 atom stereocenters. The van der Waals surface area contributed by atoms with Crippen LogP contribution in [0.25, 0.3) is 0 Å². The van der Waals surface area contributed by atoms with E-state index in [2.05, 4.69) is 19.1 Å². The van der Waals surface area contributed by atoms with E-state index < -0.39 is 0 Å². The van der Waals surface area contributed by atoms with Gasteiger partial charge in [-0.1, -0.05) is 42.5 Å². The summed E-state index contributed by atoms with van der Waals surface area (Å²) in [7, 11) is 1.93. The van der Waals surface area contributed by atoms with Crippen molar-refractivity contribution in [3.05, 3.63) is 78.0 Å². The van der Waals surface area contributed by atoms with Crippen LogP contribution in [-0.2, 0) is 0 Å². The molecule has 0 fully saturated rings. The molecule has 19 heavy (non-hydrogen) atoms. The quantitative estimate of drug-likeness (QED) is 0.608. The molecule has 0 aromatic heterocycles. The first-order chi connectivity index (χ1) is 9.16. The second-order valence-electron chi connectivity index (χ2n) is 4.50. The van der Waals surface area contributed by atoms with Crippen molar-refractivity contribution < 1.29 is 4.79 Å². The van der Waals surface area contributed by atoms with Gasteiger partial charge in [0.2, 0.25) is 0 Å². The van der Waals surface area contributed by atoms with E-state index in [1.807, 2.05) is 54.4 Å². The van der Waals surface area contributed by atoms with E-state index >= 15 is 0 Å². The van der Waals surface area contributed by atoms with Crippen molar-refractivity contribution in [1.29, 1.82) is 0 Å². The highest BCUT2D eigenvalue weighted by Gasteiger charge is 2.01. The molecule has 0 saturated carbocycles. The van der Waals surface area contributed by atoms with Gasteiger partial charge in [0.25, 0.3) is 0 Å². The summed E-state index contributed by atoms with van der Waals surface area (Å²) in [6.45, 7) is 2.05. The second kappa shape index (κ2) is 6.01. The van der Waals surface area contributed by atoms with Crippen LogP contribution in [0.4, 0.5) is 5.69 Å². The van der Waals surface area contributed by atoms with Crippen molar-refractivity contribution in [3.8, 4) is 0 Å². The Morgan fingerprint density at radius 2 is 1.79 bits per heavy atom. The normalized spacial score (nSPS) is 10.6. The Balaban J connectivity index is 2.08. The molecular weight excluding hydrogens is 234 g/mol. The lowest BCUT2D eigenvalue weighted by atomic mass is 10.1. The highest BCUT2D eigenvalue weighted by molar-refractivity contribution is 6.04. The van der Waals surface area contributed by atoms with Gasteiger partial charge in [0.15, 0.2) is 5.78 Å². The Morgan fingerprint density at radius 3 is 2.47 bits per heavy atom. The van der Waals surface area contributed by atoms with E-state index in [4.69, 9.17) is 0 Å². The molecule has 2 rings (SSSR count). The smallest absolute Gasteiger partial charge is 0.187 e. The number of nitrogens with zero attached hydrogens (tertiary/aromatic N) is 1. The molecule has 0 saturated heterocycles. The third-order valence-corrected chi connectivity index (χ3v) is 2.92. The number of rotatable bonds is 4. The van der Waals surface area contributed by atoms with Crippen molar-refractivity contribution in [2.75, 3.05) is 11.9 Å². The van der Waals surface area contributed by atoms with Gasteiger partial charge in [0.1, 0.15) is 0 Å². The van der Waals surface area contributed by atoms with E-state index in [0.29, 0.717) is 5.56 Å². The van der Waals surface area contributed by atoms with Crippen LogP contribution in [0.3, 0.4) is 0 Å². The highest BCUT2D eigenvalue weighted by Crippen LogP contribution is 2.14. The number of benzene rings is 2. The molecule has 2 aromatic carbocycles. The van der Waals surface area contributed by atoms with Gasteiger partial charge in [-0.05, 0) is 24.6 Å². The third kappa shape index (κ3) is 3.55. The maximum Gasteiger partial charge on any atom is 0.187 e. The fourth-order valence-electron chi connectivity index (χ4n) is 1.81. The van der Waals surface area contributed by atoms with Gasteiger partial charge in [-0.3, -0.25) is 4.79 Å². The Bertz CT molecular complexity index is 587. The van der Waals surface area contributed by atoms with Crippen LogP contribution in [0.5, 0.6) is 0 Å². The Hall–Kier alpha value is -2.35. The largest absolute Gasteiger partial charge is 0.351 e. The molecule has 0 aliphatic carbocycles. The summed E-state index contributed by atoms with van der Waals surface area (Å²) in [4.78, 5) is 13.9. The first kappa shape index (κ1) is 13.1. The zero-order chi connectivity index (χ0) is 13.7. The standard InChI is InChI=1S/C17H17NO/c1-14-7-6-10-16(13-14)18(2)12-11-17(19)15-8-4-3-5-9-15/h3-13H,1-2H3/b12-11+. The number of anilines is 1. The summed E-state index contributed by atoms with van der Waals surface area (Å²) in [6.07, 6.45) is 3.39. The maximum absolute atomic E-state index is 11.9. The van der Waals surface area contributed by atoms with Crippen LogP contribution in [0.2, 0.25) is 0 Å². The summed E-state index contributed by atoms with van der Waals surface area (Å²) in [6, 6.07) is 17.4. The average Bonchev–Trinajstić information content (AvgIpc) is 2.45. The molecule has 0 heterocycles. The minimum absolute atomic E-state index is 0.0140. The van der Waals surface area contributed by atoms with Crippen LogP contribution in [0.15, 0.2) is 66.9 Å². The van der Waals surface area contributed by atoms with Crippen LogP contribution in [0.1, 0.15) is 15.9 Å². The van der Waals surface area contributed by atoms with Crippen molar-refractivity contribution in [3.63, 3.8) is 0 Å². The third-order valence-electron chi connectivity index (χ3n) is 2.92. The molecule has 0 unspecified atom stereocenters. The monoisotopic (exact) mass is 251 g/mol. The number of hydrogen-bond acceptors (Lipinski definition) is 2. The molecule has 2 aromatic rings. The number of hydrogen-bond donors (Lipinski definition) is 0. The van der Waals surface area contributed by atoms with Gasteiger partial charge in [-0.25, -0.2) is 0 Å². The number of ketones is 1. The van der Waals surface area contributed by atoms with Crippen LogP contribution < -0.4 is 4.90 Å². The maximum atomic E-state index is 11.9. The van der Waals surface area contributed by atoms with Crippen molar-refractivity contribution in [1.82, 2.24) is 0 Å². The van der Waals surface area contributed by atoms with Crippen LogP contribution >= 0.6 is 0 Å². The fraction of sp³-hybridized carbons (Fsp3) is 0.118. The van der Waals surface area contributed by atoms with Gasteiger partial charge in [-0.2, -0.15) is 0 Å². The molecule has 0 aliphatic heterocycles. The summed E-state index contributed by atoms with van der Waals surface area (Å²) in [5.74, 6) is 0.0140. The van der Waals surface area contributed by atoms with E-state index in [9.17, 15) is 4.79 Å². The lowest BCUT2D eigenvalue weighted by Crippen LogP contribution is -2.09. The Morgan fingerprint density at radius 1 is 1.05 bits per heavy atom. The molecule has 0 radical (unpaired) electrons. The Labute approximate surface area is 114 Å². The highest BCUT2D eigenvalue weighted by atomic mass is 16.1. The summed E-state index contributed by atoms with van der Waals surface area (Å²) < 4.78 is 0.